The maximum absolute atomic E-state index is 14.3. The first-order chi connectivity index (χ1) is 18.2. The second-order valence-electron chi connectivity index (χ2n) is 10.3. The van der Waals surface area contributed by atoms with Crippen molar-refractivity contribution in [2.45, 2.75) is 63.8 Å². The van der Waals surface area contributed by atoms with E-state index in [4.69, 9.17) is 14.3 Å². The number of oxazole rings is 1. The summed E-state index contributed by atoms with van der Waals surface area (Å²) in [7, 11) is 0. The van der Waals surface area contributed by atoms with Crippen molar-refractivity contribution in [3.05, 3.63) is 53.3 Å². The van der Waals surface area contributed by atoms with E-state index in [0.29, 0.717) is 48.0 Å². The van der Waals surface area contributed by atoms with Crippen LogP contribution in [0.2, 0.25) is 0 Å². The Bertz CT molecular complexity index is 1320. The molecule has 2 heterocycles. The highest BCUT2D eigenvalue weighted by atomic mass is 19.1. The van der Waals surface area contributed by atoms with Crippen molar-refractivity contribution in [2.24, 2.45) is 5.92 Å². The zero-order valence-electron chi connectivity index (χ0n) is 21.2. The molecule has 202 valence electrons. The van der Waals surface area contributed by atoms with Gasteiger partial charge in [0.05, 0.1) is 37.6 Å². The van der Waals surface area contributed by atoms with Crippen molar-refractivity contribution in [2.75, 3.05) is 18.5 Å². The van der Waals surface area contributed by atoms with Gasteiger partial charge in [-0.15, -0.1) is 0 Å². The largest absolute Gasteiger partial charge is 0.481 e. The first-order valence-electron chi connectivity index (χ1n) is 13.0. The van der Waals surface area contributed by atoms with Crippen molar-refractivity contribution in [1.82, 2.24) is 9.88 Å². The summed E-state index contributed by atoms with van der Waals surface area (Å²) in [6.07, 6.45) is 1.60. The average molecular weight is 528 g/mol. The van der Waals surface area contributed by atoms with Gasteiger partial charge in [0.15, 0.2) is 5.58 Å². The van der Waals surface area contributed by atoms with Gasteiger partial charge in [-0.1, -0.05) is 12.1 Å². The predicted octanol–water partition coefficient (Wildman–Crippen LogP) is 5.16. The minimum absolute atomic E-state index is 0.0320. The number of aryl methyl sites for hydroxylation is 1. The number of alkyl halides is 1. The van der Waals surface area contributed by atoms with E-state index >= 15 is 0 Å². The average Bonchev–Trinajstić information content (AvgIpc) is 3.47. The fraction of sp³-hybridized carbons (Fsp3) is 0.464. The standard InChI is InChI=1S/C28H31F2N3O5/c1-16-2-6-19(29)13-24(16)32-28-31-23-9-3-17(10-25(23)38-28)11-26(34)33-14-20(30)12-21(33)15-37-22-7-4-18(5-8-22)27(35)36/h2-3,6,9-10,13,18,20-22H,4-5,7-8,11-12,14-15H2,1H3,(H,31,32)(H,35,36)/t18?,20-,21-,22?/m0/s1. The van der Waals surface area contributed by atoms with E-state index in [9.17, 15) is 18.4 Å². The fourth-order valence-corrected chi connectivity index (χ4v) is 5.30. The summed E-state index contributed by atoms with van der Waals surface area (Å²) in [5.74, 6) is -1.66. The van der Waals surface area contributed by atoms with Crippen LogP contribution >= 0.6 is 0 Å². The Morgan fingerprint density at radius 1 is 1.18 bits per heavy atom. The normalized spacial score (nSPS) is 23.6. The Labute approximate surface area is 219 Å². The monoisotopic (exact) mass is 527 g/mol. The van der Waals surface area contributed by atoms with Crippen molar-refractivity contribution in [3.8, 4) is 0 Å². The molecule has 1 aromatic heterocycles. The quantitative estimate of drug-likeness (QED) is 0.417. The summed E-state index contributed by atoms with van der Waals surface area (Å²) in [5, 5.41) is 12.1. The number of nitrogens with zero attached hydrogens (tertiary/aromatic N) is 2. The van der Waals surface area contributed by atoms with Gasteiger partial charge in [0.2, 0.25) is 5.91 Å². The minimum Gasteiger partial charge on any atom is -0.481 e. The SMILES string of the molecule is Cc1ccc(F)cc1Nc1nc2ccc(CC(=O)N3C[C@@H](F)C[C@H]3COC3CCC(C(=O)O)CC3)cc2o1. The van der Waals surface area contributed by atoms with Crippen LogP contribution in [0.15, 0.2) is 40.8 Å². The molecule has 2 aromatic carbocycles. The summed E-state index contributed by atoms with van der Waals surface area (Å²) < 4.78 is 39.7. The molecule has 0 bridgehead atoms. The number of carbonyl (C=O) groups excluding carboxylic acids is 1. The van der Waals surface area contributed by atoms with Crippen LogP contribution in [0.4, 0.5) is 20.5 Å². The van der Waals surface area contributed by atoms with Crippen LogP contribution in [0.25, 0.3) is 11.1 Å². The number of benzene rings is 2. The van der Waals surface area contributed by atoms with E-state index in [0.717, 1.165) is 5.56 Å². The van der Waals surface area contributed by atoms with E-state index in [1.807, 2.05) is 6.92 Å². The highest BCUT2D eigenvalue weighted by molar-refractivity contribution is 5.82. The molecule has 10 heteroatoms. The lowest BCUT2D eigenvalue weighted by atomic mass is 9.87. The van der Waals surface area contributed by atoms with Crippen LogP contribution in [0.1, 0.15) is 43.2 Å². The van der Waals surface area contributed by atoms with Gasteiger partial charge in [0.1, 0.15) is 17.5 Å². The first kappa shape index (κ1) is 26.1. The third kappa shape index (κ3) is 5.96. The van der Waals surface area contributed by atoms with E-state index in [1.54, 1.807) is 29.2 Å². The van der Waals surface area contributed by atoms with Gasteiger partial charge in [-0.2, -0.15) is 4.98 Å². The molecule has 0 unspecified atom stereocenters. The molecule has 1 aliphatic heterocycles. The molecule has 38 heavy (non-hydrogen) atoms. The number of hydrogen-bond acceptors (Lipinski definition) is 6. The number of fused-ring (bicyclic) bond motifs is 1. The Kier molecular flexibility index (Phi) is 7.60. The molecule has 1 amide bonds. The lowest BCUT2D eigenvalue weighted by molar-refractivity contribution is -0.144. The molecule has 0 spiro atoms. The van der Waals surface area contributed by atoms with Crippen LogP contribution in [-0.4, -0.2) is 58.3 Å². The summed E-state index contributed by atoms with van der Waals surface area (Å²) >= 11 is 0. The number of hydrogen-bond donors (Lipinski definition) is 2. The maximum atomic E-state index is 14.3. The summed E-state index contributed by atoms with van der Waals surface area (Å²) in [5.41, 5.74) is 3.16. The number of rotatable bonds is 8. The number of carboxylic acids is 1. The molecule has 8 nitrogen and oxygen atoms in total. The number of likely N-dealkylation sites (tertiary alicyclic amines) is 1. The fourth-order valence-electron chi connectivity index (χ4n) is 5.30. The van der Waals surface area contributed by atoms with Gasteiger partial charge >= 0.3 is 5.97 Å². The van der Waals surface area contributed by atoms with Gasteiger partial charge < -0.3 is 24.5 Å². The lowest BCUT2D eigenvalue weighted by Crippen LogP contribution is -2.40. The van der Waals surface area contributed by atoms with Crippen molar-refractivity contribution in [3.63, 3.8) is 0 Å². The van der Waals surface area contributed by atoms with Crippen molar-refractivity contribution >= 4 is 34.7 Å². The number of ether oxygens (including phenoxy) is 1. The zero-order chi connectivity index (χ0) is 26.8. The maximum Gasteiger partial charge on any atom is 0.306 e. The van der Waals surface area contributed by atoms with Crippen LogP contribution < -0.4 is 5.32 Å². The summed E-state index contributed by atoms with van der Waals surface area (Å²) in [6.45, 7) is 2.12. The molecule has 5 rings (SSSR count). The smallest absolute Gasteiger partial charge is 0.306 e. The van der Waals surface area contributed by atoms with Gasteiger partial charge in [0, 0.05) is 12.1 Å². The molecule has 2 N–H and O–H groups in total. The van der Waals surface area contributed by atoms with Crippen LogP contribution in [0.5, 0.6) is 0 Å². The number of nitrogens with one attached hydrogen (secondary N) is 1. The molecule has 2 fully saturated rings. The number of halogens is 2. The molecule has 1 aliphatic carbocycles. The summed E-state index contributed by atoms with van der Waals surface area (Å²) in [6, 6.07) is 9.54. The Balaban J connectivity index is 1.20. The molecule has 2 aliphatic rings. The predicted molar refractivity (Wildman–Crippen MR) is 136 cm³/mol. The third-order valence-electron chi connectivity index (χ3n) is 7.48. The minimum atomic E-state index is -1.10. The number of aromatic nitrogens is 1. The highest BCUT2D eigenvalue weighted by Gasteiger charge is 2.36. The summed E-state index contributed by atoms with van der Waals surface area (Å²) in [4.78, 5) is 30.2. The Morgan fingerprint density at radius 2 is 1.97 bits per heavy atom. The molecule has 0 radical (unpaired) electrons. The van der Waals surface area contributed by atoms with Gasteiger partial charge in [-0.25, -0.2) is 8.78 Å². The number of amides is 1. The molecular formula is C28H31F2N3O5. The van der Waals surface area contributed by atoms with E-state index in [1.165, 1.54) is 12.1 Å². The first-order valence-corrected chi connectivity index (χ1v) is 13.0. The topological polar surface area (TPSA) is 105 Å². The van der Waals surface area contributed by atoms with Crippen molar-refractivity contribution < 1.29 is 32.6 Å². The highest BCUT2D eigenvalue weighted by Crippen LogP contribution is 2.29. The van der Waals surface area contributed by atoms with Crippen molar-refractivity contribution in [1.29, 1.82) is 0 Å². The van der Waals surface area contributed by atoms with Crippen LogP contribution in [0.3, 0.4) is 0 Å². The molecule has 1 saturated carbocycles. The van der Waals surface area contributed by atoms with E-state index in [-0.39, 0.29) is 61.8 Å². The molecule has 2 atom stereocenters. The van der Waals surface area contributed by atoms with Gasteiger partial charge in [0.25, 0.3) is 6.01 Å². The van der Waals surface area contributed by atoms with Gasteiger partial charge in [-0.05, 0) is 68.0 Å². The third-order valence-corrected chi connectivity index (χ3v) is 7.48. The molecular weight excluding hydrogens is 496 g/mol. The van der Waals surface area contributed by atoms with E-state index in [2.05, 4.69) is 10.3 Å². The second kappa shape index (κ2) is 11.1. The number of anilines is 2. The van der Waals surface area contributed by atoms with E-state index < -0.39 is 12.1 Å². The number of carbonyl (C=O) groups is 2. The van der Waals surface area contributed by atoms with Gasteiger partial charge in [-0.3, -0.25) is 9.59 Å². The van der Waals surface area contributed by atoms with Crippen LogP contribution in [-0.2, 0) is 20.7 Å². The molecule has 1 saturated heterocycles. The number of aliphatic carboxylic acids is 1. The van der Waals surface area contributed by atoms with Crippen LogP contribution in [0, 0.1) is 18.7 Å². The Hall–Kier alpha value is -3.53. The lowest BCUT2D eigenvalue weighted by Gasteiger charge is -2.29. The number of carboxylic acid groups (broad SMARTS) is 1. The Morgan fingerprint density at radius 3 is 2.74 bits per heavy atom. The molecule has 3 aromatic rings. The second-order valence-corrected chi connectivity index (χ2v) is 10.3. The zero-order valence-corrected chi connectivity index (χ0v) is 21.2.